The van der Waals surface area contributed by atoms with E-state index in [1.165, 1.54) is 4.90 Å². The number of nitrogens with two attached hydrogens (primary N) is 1. The van der Waals surface area contributed by atoms with E-state index >= 15 is 0 Å². The number of rotatable bonds is 6. The summed E-state index contributed by atoms with van der Waals surface area (Å²) in [4.78, 5) is 24.9. The Morgan fingerprint density at radius 1 is 1.30 bits per heavy atom. The highest BCUT2D eigenvalue weighted by molar-refractivity contribution is 5.85. The maximum atomic E-state index is 12.0. The average molecular weight is 301 g/mol. The van der Waals surface area contributed by atoms with Crippen molar-refractivity contribution < 1.29 is 14.3 Å². The SMILES string of the molecule is CCOC(=O)CN(Cc1ccccc1)C(=O)C(C)N.Cl. The van der Waals surface area contributed by atoms with E-state index in [4.69, 9.17) is 10.5 Å². The number of amides is 1. The molecule has 1 rings (SSSR count). The number of nitrogens with zero attached hydrogens (tertiary/aromatic N) is 1. The molecule has 0 aliphatic rings. The van der Waals surface area contributed by atoms with E-state index in [1.54, 1.807) is 13.8 Å². The number of hydrogen-bond acceptors (Lipinski definition) is 4. The number of benzene rings is 1. The molecule has 0 heterocycles. The first-order valence-electron chi connectivity index (χ1n) is 6.28. The molecular weight excluding hydrogens is 280 g/mol. The van der Waals surface area contributed by atoms with Gasteiger partial charge in [0.1, 0.15) is 6.54 Å². The molecule has 20 heavy (non-hydrogen) atoms. The second-order valence-electron chi connectivity index (χ2n) is 4.27. The third-order valence-corrected chi connectivity index (χ3v) is 2.54. The van der Waals surface area contributed by atoms with Gasteiger partial charge in [-0.3, -0.25) is 9.59 Å². The summed E-state index contributed by atoms with van der Waals surface area (Å²) in [6.07, 6.45) is 0. The monoisotopic (exact) mass is 300 g/mol. The molecule has 0 saturated carbocycles. The molecule has 0 fully saturated rings. The van der Waals surface area contributed by atoms with Crippen LogP contribution in [0.3, 0.4) is 0 Å². The highest BCUT2D eigenvalue weighted by Gasteiger charge is 2.20. The van der Waals surface area contributed by atoms with Crippen molar-refractivity contribution in [2.45, 2.75) is 26.4 Å². The molecule has 0 aromatic heterocycles. The van der Waals surface area contributed by atoms with Gasteiger partial charge in [0.15, 0.2) is 0 Å². The molecule has 0 radical (unpaired) electrons. The van der Waals surface area contributed by atoms with Gasteiger partial charge in [-0.2, -0.15) is 0 Å². The zero-order chi connectivity index (χ0) is 14.3. The Labute approximate surface area is 125 Å². The average Bonchev–Trinajstić information content (AvgIpc) is 2.38. The standard InChI is InChI=1S/C14H20N2O3.ClH/c1-3-19-13(17)10-16(14(18)11(2)15)9-12-7-5-4-6-8-12;/h4-8,11H,3,9-10,15H2,1-2H3;1H. The van der Waals surface area contributed by atoms with Gasteiger partial charge in [0, 0.05) is 6.54 Å². The fourth-order valence-corrected chi connectivity index (χ4v) is 1.67. The van der Waals surface area contributed by atoms with E-state index in [0.717, 1.165) is 5.56 Å². The van der Waals surface area contributed by atoms with Crippen molar-refractivity contribution in [1.82, 2.24) is 4.90 Å². The first kappa shape index (κ1) is 18.4. The molecule has 2 N–H and O–H groups in total. The van der Waals surface area contributed by atoms with Crippen LogP contribution in [0.1, 0.15) is 19.4 Å². The van der Waals surface area contributed by atoms with Crippen LogP contribution in [0, 0.1) is 0 Å². The third kappa shape index (κ3) is 6.04. The Kier molecular flexibility index (Phi) is 8.59. The molecule has 1 aromatic rings. The van der Waals surface area contributed by atoms with E-state index < -0.39 is 12.0 Å². The molecular formula is C14H21ClN2O3. The minimum absolute atomic E-state index is 0. The lowest BCUT2D eigenvalue weighted by atomic mass is 10.2. The summed E-state index contributed by atoms with van der Waals surface area (Å²) in [6, 6.07) is 8.81. The van der Waals surface area contributed by atoms with Gasteiger partial charge in [0.2, 0.25) is 5.91 Å². The van der Waals surface area contributed by atoms with Gasteiger partial charge < -0.3 is 15.4 Å². The fourth-order valence-electron chi connectivity index (χ4n) is 1.67. The number of carbonyl (C=O) groups is 2. The van der Waals surface area contributed by atoms with E-state index in [9.17, 15) is 9.59 Å². The molecule has 0 saturated heterocycles. The van der Waals surface area contributed by atoms with Crippen LogP contribution in [0.4, 0.5) is 0 Å². The van der Waals surface area contributed by atoms with Crippen molar-refractivity contribution in [3.05, 3.63) is 35.9 Å². The molecule has 0 aliphatic carbocycles. The molecule has 112 valence electrons. The first-order valence-corrected chi connectivity index (χ1v) is 6.28. The number of halogens is 1. The summed E-state index contributed by atoms with van der Waals surface area (Å²) in [7, 11) is 0. The Morgan fingerprint density at radius 3 is 2.40 bits per heavy atom. The summed E-state index contributed by atoms with van der Waals surface area (Å²) in [5, 5.41) is 0. The van der Waals surface area contributed by atoms with E-state index in [2.05, 4.69) is 0 Å². The number of carbonyl (C=O) groups excluding carboxylic acids is 2. The van der Waals surface area contributed by atoms with Crippen molar-refractivity contribution >= 4 is 24.3 Å². The smallest absolute Gasteiger partial charge is 0.325 e. The number of ether oxygens (including phenoxy) is 1. The molecule has 1 unspecified atom stereocenters. The van der Waals surface area contributed by atoms with Crippen LogP contribution in [0.5, 0.6) is 0 Å². The van der Waals surface area contributed by atoms with Crippen LogP contribution in [0.25, 0.3) is 0 Å². The molecule has 0 aliphatic heterocycles. The Morgan fingerprint density at radius 2 is 1.90 bits per heavy atom. The maximum Gasteiger partial charge on any atom is 0.325 e. The highest BCUT2D eigenvalue weighted by Crippen LogP contribution is 2.06. The molecule has 0 spiro atoms. The first-order chi connectivity index (χ1) is 9.04. The summed E-state index contributed by atoms with van der Waals surface area (Å²) >= 11 is 0. The lowest BCUT2D eigenvalue weighted by molar-refractivity contribution is -0.149. The number of esters is 1. The molecule has 0 bridgehead atoms. The van der Waals surface area contributed by atoms with Crippen LogP contribution in [0.2, 0.25) is 0 Å². The van der Waals surface area contributed by atoms with E-state index in [0.29, 0.717) is 13.2 Å². The van der Waals surface area contributed by atoms with Crippen LogP contribution >= 0.6 is 12.4 Å². The normalized spacial score (nSPS) is 11.2. The minimum atomic E-state index is -0.641. The predicted octanol–water partition coefficient (Wildman–Crippen LogP) is 1.35. The second-order valence-corrected chi connectivity index (χ2v) is 4.27. The molecule has 1 aromatic carbocycles. The van der Waals surface area contributed by atoms with Gasteiger partial charge in [-0.15, -0.1) is 12.4 Å². The van der Waals surface area contributed by atoms with Gasteiger partial charge in [-0.25, -0.2) is 0 Å². The number of hydrogen-bond donors (Lipinski definition) is 1. The van der Waals surface area contributed by atoms with Crippen molar-refractivity contribution in [2.24, 2.45) is 5.73 Å². The molecule has 5 nitrogen and oxygen atoms in total. The zero-order valence-electron chi connectivity index (χ0n) is 11.7. The van der Waals surface area contributed by atoms with Crippen molar-refractivity contribution in [2.75, 3.05) is 13.2 Å². The molecule has 1 atom stereocenters. The lowest BCUT2D eigenvalue weighted by Gasteiger charge is -2.23. The van der Waals surface area contributed by atoms with Gasteiger partial charge in [-0.05, 0) is 19.4 Å². The fraction of sp³-hybridized carbons (Fsp3) is 0.429. The van der Waals surface area contributed by atoms with Crippen LogP contribution in [0.15, 0.2) is 30.3 Å². The van der Waals surface area contributed by atoms with Gasteiger partial charge >= 0.3 is 5.97 Å². The Bertz CT molecular complexity index is 424. The van der Waals surface area contributed by atoms with Gasteiger partial charge in [0.25, 0.3) is 0 Å². The van der Waals surface area contributed by atoms with Crippen LogP contribution < -0.4 is 5.73 Å². The summed E-state index contributed by atoms with van der Waals surface area (Å²) in [6.45, 7) is 3.89. The zero-order valence-corrected chi connectivity index (χ0v) is 12.6. The van der Waals surface area contributed by atoms with Crippen molar-refractivity contribution in [1.29, 1.82) is 0 Å². The van der Waals surface area contributed by atoms with Gasteiger partial charge in [0.05, 0.1) is 12.6 Å². The lowest BCUT2D eigenvalue weighted by Crippen LogP contribution is -2.44. The predicted molar refractivity (Wildman–Crippen MR) is 79.4 cm³/mol. The summed E-state index contributed by atoms with van der Waals surface area (Å²) in [5.41, 5.74) is 6.54. The summed E-state index contributed by atoms with van der Waals surface area (Å²) < 4.78 is 4.87. The summed E-state index contributed by atoms with van der Waals surface area (Å²) in [5.74, 6) is -0.690. The molecule has 6 heteroatoms. The third-order valence-electron chi connectivity index (χ3n) is 2.54. The molecule has 1 amide bonds. The Hall–Kier alpha value is -1.59. The van der Waals surface area contributed by atoms with Crippen molar-refractivity contribution in [3.63, 3.8) is 0 Å². The van der Waals surface area contributed by atoms with E-state index in [1.807, 2.05) is 30.3 Å². The Balaban J connectivity index is 0.00000361. The quantitative estimate of drug-likeness (QED) is 0.805. The van der Waals surface area contributed by atoms with Crippen molar-refractivity contribution in [3.8, 4) is 0 Å². The van der Waals surface area contributed by atoms with Crippen LogP contribution in [-0.4, -0.2) is 36.0 Å². The van der Waals surface area contributed by atoms with Gasteiger partial charge in [-0.1, -0.05) is 30.3 Å². The maximum absolute atomic E-state index is 12.0. The second kappa shape index (κ2) is 9.34. The largest absolute Gasteiger partial charge is 0.465 e. The minimum Gasteiger partial charge on any atom is -0.465 e. The van der Waals surface area contributed by atoms with Crippen LogP contribution in [-0.2, 0) is 20.9 Å². The highest BCUT2D eigenvalue weighted by atomic mass is 35.5. The van der Waals surface area contributed by atoms with E-state index in [-0.39, 0.29) is 24.9 Å². The topological polar surface area (TPSA) is 72.6 Å².